The average molecular weight is 417 g/mol. The molecule has 1 aromatic carbocycles. The number of rotatable bonds is 5. The van der Waals surface area contributed by atoms with Crippen molar-refractivity contribution in [2.75, 3.05) is 20.1 Å². The van der Waals surface area contributed by atoms with Crippen molar-refractivity contribution >= 4 is 11.8 Å². The Bertz CT molecular complexity index is 982. The number of hydrogen-bond acceptors (Lipinski definition) is 4. The van der Waals surface area contributed by atoms with Gasteiger partial charge in [0.05, 0.1) is 5.57 Å². The lowest BCUT2D eigenvalue weighted by Gasteiger charge is -2.33. The van der Waals surface area contributed by atoms with Crippen molar-refractivity contribution in [3.63, 3.8) is 0 Å². The molecule has 2 aliphatic rings. The normalized spacial score (nSPS) is 17.5. The minimum atomic E-state index is -0.747. The number of fused-ring (bicyclic) bond motifs is 1. The summed E-state index contributed by atoms with van der Waals surface area (Å²) in [5.74, 6) is -2.49. The zero-order valence-electron chi connectivity index (χ0n) is 17.3. The Kier molecular flexibility index (Phi) is 6.24. The van der Waals surface area contributed by atoms with Gasteiger partial charge in [-0.3, -0.25) is 9.59 Å². The standard InChI is InChI=1S/C22H25F2N3O3/c1-4-15-18(21(29)25-12-13-8-9-14(23)11-16(13)24)17-7-6-10-27(17)19(20(15)28)22(30)26(3)5-2/h4,8-9,11,28H,5-7,10,12H2,1-3H3,(H,25,29)/b15-4+. The van der Waals surface area contributed by atoms with Crippen molar-refractivity contribution < 1.29 is 23.5 Å². The lowest BCUT2D eigenvalue weighted by atomic mass is 9.94. The van der Waals surface area contributed by atoms with Crippen LogP contribution in [0.25, 0.3) is 0 Å². The molecule has 0 radical (unpaired) electrons. The van der Waals surface area contributed by atoms with Gasteiger partial charge in [0.15, 0.2) is 5.76 Å². The van der Waals surface area contributed by atoms with E-state index in [1.807, 2.05) is 6.92 Å². The van der Waals surface area contributed by atoms with Gasteiger partial charge in [-0.1, -0.05) is 12.1 Å². The number of aliphatic hydroxyl groups excluding tert-OH is 1. The maximum Gasteiger partial charge on any atom is 0.274 e. The van der Waals surface area contributed by atoms with Crippen molar-refractivity contribution in [3.8, 4) is 0 Å². The molecule has 1 saturated heterocycles. The molecule has 1 fully saturated rings. The number of carbonyl (C=O) groups is 2. The van der Waals surface area contributed by atoms with Gasteiger partial charge in [-0.05, 0) is 32.8 Å². The molecule has 0 saturated carbocycles. The lowest BCUT2D eigenvalue weighted by molar-refractivity contribution is -0.127. The van der Waals surface area contributed by atoms with Crippen LogP contribution in [0.5, 0.6) is 0 Å². The van der Waals surface area contributed by atoms with E-state index in [2.05, 4.69) is 5.32 Å². The smallest absolute Gasteiger partial charge is 0.274 e. The Morgan fingerprint density at radius 1 is 1.33 bits per heavy atom. The van der Waals surface area contributed by atoms with Crippen LogP contribution >= 0.6 is 0 Å². The summed E-state index contributed by atoms with van der Waals surface area (Å²) < 4.78 is 27.0. The maximum absolute atomic E-state index is 13.9. The number of likely N-dealkylation sites (N-methyl/N-ethyl adjacent to an activating group) is 1. The zero-order chi connectivity index (χ0) is 22.0. The Morgan fingerprint density at radius 2 is 2.07 bits per heavy atom. The second-order valence-corrected chi connectivity index (χ2v) is 7.21. The second-order valence-electron chi connectivity index (χ2n) is 7.21. The van der Waals surface area contributed by atoms with Crippen molar-refractivity contribution in [1.29, 1.82) is 0 Å². The molecule has 2 aliphatic heterocycles. The third kappa shape index (κ3) is 3.81. The van der Waals surface area contributed by atoms with E-state index in [0.717, 1.165) is 18.6 Å². The largest absolute Gasteiger partial charge is 0.505 e. The molecule has 3 rings (SSSR count). The molecule has 2 N–H and O–H groups in total. The highest BCUT2D eigenvalue weighted by molar-refractivity contribution is 6.03. The van der Waals surface area contributed by atoms with Crippen LogP contribution in [-0.2, 0) is 16.1 Å². The van der Waals surface area contributed by atoms with E-state index in [4.69, 9.17) is 0 Å². The summed E-state index contributed by atoms with van der Waals surface area (Å²) in [6.45, 7) is 4.37. The highest BCUT2D eigenvalue weighted by atomic mass is 19.1. The van der Waals surface area contributed by atoms with Gasteiger partial charge >= 0.3 is 0 Å². The summed E-state index contributed by atoms with van der Waals surface area (Å²) in [7, 11) is 1.65. The fourth-order valence-corrected chi connectivity index (χ4v) is 3.71. The molecule has 30 heavy (non-hydrogen) atoms. The molecule has 0 atom stereocenters. The zero-order valence-corrected chi connectivity index (χ0v) is 17.3. The van der Waals surface area contributed by atoms with E-state index in [1.54, 1.807) is 24.9 Å². The van der Waals surface area contributed by atoms with Crippen LogP contribution in [0.2, 0.25) is 0 Å². The number of nitrogens with one attached hydrogen (secondary N) is 1. The highest BCUT2D eigenvalue weighted by Gasteiger charge is 2.39. The van der Waals surface area contributed by atoms with E-state index in [1.165, 1.54) is 11.0 Å². The molecule has 8 heteroatoms. The quantitative estimate of drug-likeness (QED) is 0.772. The Labute approximate surface area is 174 Å². The molecule has 160 valence electrons. The van der Waals surface area contributed by atoms with Gasteiger partial charge in [-0.25, -0.2) is 8.78 Å². The van der Waals surface area contributed by atoms with Gasteiger partial charge < -0.3 is 20.2 Å². The third-order valence-electron chi connectivity index (χ3n) is 5.42. The lowest BCUT2D eigenvalue weighted by Crippen LogP contribution is -2.40. The molecule has 0 aliphatic carbocycles. The Morgan fingerprint density at radius 3 is 2.70 bits per heavy atom. The summed E-state index contributed by atoms with van der Waals surface area (Å²) >= 11 is 0. The van der Waals surface area contributed by atoms with Gasteiger partial charge in [0, 0.05) is 49.6 Å². The number of benzene rings is 1. The molecule has 0 spiro atoms. The number of nitrogens with zero attached hydrogens (tertiary/aromatic N) is 2. The Hall–Kier alpha value is -3.16. The summed E-state index contributed by atoms with van der Waals surface area (Å²) in [4.78, 5) is 29.0. The van der Waals surface area contributed by atoms with Crippen molar-refractivity contribution in [2.24, 2.45) is 0 Å². The summed E-state index contributed by atoms with van der Waals surface area (Å²) in [5.41, 5.74) is 1.52. The minimum Gasteiger partial charge on any atom is -0.505 e. The van der Waals surface area contributed by atoms with E-state index >= 15 is 0 Å². The van der Waals surface area contributed by atoms with Crippen LogP contribution in [0.15, 0.2) is 52.6 Å². The van der Waals surface area contributed by atoms with Gasteiger partial charge in [-0.15, -0.1) is 0 Å². The van der Waals surface area contributed by atoms with E-state index in [9.17, 15) is 23.5 Å². The topological polar surface area (TPSA) is 72.9 Å². The number of allylic oxidation sites excluding steroid dienone is 3. The third-order valence-corrected chi connectivity index (χ3v) is 5.42. The number of amides is 2. The monoisotopic (exact) mass is 417 g/mol. The first-order valence-electron chi connectivity index (χ1n) is 9.88. The van der Waals surface area contributed by atoms with Crippen LogP contribution in [0, 0.1) is 11.6 Å². The average Bonchev–Trinajstić information content (AvgIpc) is 3.19. The summed E-state index contributed by atoms with van der Waals surface area (Å²) in [5, 5.41) is 13.5. The first-order chi connectivity index (χ1) is 14.3. The predicted octanol–water partition coefficient (Wildman–Crippen LogP) is 3.14. The number of hydrogen-bond donors (Lipinski definition) is 2. The predicted molar refractivity (Wildman–Crippen MR) is 108 cm³/mol. The SMILES string of the molecule is C/C=C1/C(O)=C(C(=O)N(C)CC)N2CCCC2=C1C(=O)NCc1ccc(F)cc1F. The molecular weight excluding hydrogens is 392 g/mol. The van der Waals surface area contributed by atoms with Crippen LogP contribution in [-0.4, -0.2) is 46.9 Å². The number of aliphatic hydroxyl groups is 1. The van der Waals surface area contributed by atoms with Crippen molar-refractivity contribution in [2.45, 2.75) is 33.2 Å². The minimum absolute atomic E-state index is 0.131. The molecule has 6 nitrogen and oxygen atoms in total. The summed E-state index contributed by atoms with van der Waals surface area (Å²) in [6, 6.07) is 3.16. The number of carbonyl (C=O) groups excluding carboxylic acids is 2. The maximum atomic E-state index is 13.9. The van der Waals surface area contributed by atoms with Crippen molar-refractivity contribution in [3.05, 3.63) is 69.8 Å². The molecule has 2 amide bonds. The van der Waals surface area contributed by atoms with Crippen LogP contribution in [0.1, 0.15) is 32.3 Å². The van der Waals surface area contributed by atoms with Crippen LogP contribution < -0.4 is 5.32 Å². The van der Waals surface area contributed by atoms with E-state index in [-0.39, 0.29) is 40.6 Å². The van der Waals surface area contributed by atoms with Crippen LogP contribution in [0.4, 0.5) is 8.78 Å². The van der Waals surface area contributed by atoms with Gasteiger partial charge in [0.2, 0.25) is 0 Å². The molecule has 1 aromatic rings. The molecule has 0 bridgehead atoms. The van der Waals surface area contributed by atoms with Gasteiger partial charge in [0.25, 0.3) is 11.8 Å². The molecule has 0 aromatic heterocycles. The number of halogens is 2. The van der Waals surface area contributed by atoms with E-state index < -0.39 is 17.5 Å². The molecule has 2 heterocycles. The van der Waals surface area contributed by atoms with Crippen molar-refractivity contribution in [1.82, 2.24) is 15.1 Å². The second kappa shape index (κ2) is 8.69. The fraction of sp³-hybridized carbons (Fsp3) is 0.364. The fourth-order valence-electron chi connectivity index (χ4n) is 3.71. The summed E-state index contributed by atoms with van der Waals surface area (Å²) in [6.07, 6.45) is 2.89. The van der Waals surface area contributed by atoms with E-state index in [0.29, 0.717) is 25.2 Å². The van der Waals surface area contributed by atoms with Crippen LogP contribution in [0.3, 0.4) is 0 Å². The Balaban J connectivity index is 1.92. The first kappa shape index (κ1) is 21.5. The van der Waals surface area contributed by atoms with Gasteiger partial charge in [0.1, 0.15) is 17.3 Å². The highest BCUT2D eigenvalue weighted by Crippen LogP contribution is 2.40. The first-order valence-corrected chi connectivity index (χ1v) is 9.88. The molecule has 0 unspecified atom stereocenters. The molecular formula is C22H25F2N3O3. The van der Waals surface area contributed by atoms with Gasteiger partial charge in [-0.2, -0.15) is 0 Å².